The van der Waals surface area contributed by atoms with Crippen molar-refractivity contribution in [2.75, 3.05) is 25.1 Å². The summed E-state index contributed by atoms with van der Waals surface area (Å²) in [7, 11) is 0. The quantitative estimate of drug-likeness (QED) is 0.405. The summed E-state index contributed by atoms with van der Waals surface area (Å²) in [6.07, 6.45) is 1.61. The molecule has 170 valence electrons. The van der Waals surface area contributed by atoms with Crippen molar-refractivity contribution in [3.8, 4) is 5.75 Å². The van der Waals surface area contributed by atoms with Gasteiger partial charge in [-0.25, -0.2) is 0 Å². The van der Waals surface area contributed by atoms with Gasteiger partial charge in [-0.05, 0) is 51.3 Å². The highest BCUT2D eigenvalue weighted by Crippen LogP contribution is 2.31. The van der Waals surface area contributed by atoms with Crippen LogP contribution >= 0.6 is 0 Å². The van der Waals surface area contributed by atoms with Crippen LogP contribution in [0.3, 0.4) is 0 Å². The van der Waals surface area contributed by atoms with Crippen LogP contribution in [0.15, 0.2) is 54.2 Å². The molecular formula is C26H32N2O4. The Labute approximate surface area is 190 Å². The number of aryl methyl sites for hydroxylation is 1. The van der Waals surface area contributed by atoms with E-state index in [4.69, 9.17) is 9.47 Å². The lowest BCUT2D eigenvalue weighted by atomic mass is 10.0. The maximum atomic E-state index is 13.3. The van der Waals surface area contributed by atoms with Gasteiger partial charge >= 0.3 is 0 Å². The number of imide groups is 1. The van der Waals surface area contributed by atoms with Crippen molar-refractivity contribution in [3.05, 3.63) is 65.4 Å². The highest BCUT2D eigenvalue weighted by molar-refractivity contribution is 6.36. The minimum Gasteiger partial charge on any atom is -0.494 e. The van der Waals surface area contributed by atoms with Gasteiger partial charge in [0.25, 0.3) is 11.8 Å². The Morgan fingerprint density at radius 3 is 2.44 bits per heavy atom. The van der Waals surface area contributed by atoms with E-state index >= 15 is 0 Å². The lowest BCUT2D eigenvalue weighted by molar-refractivity contribution is -0.137. The Hall–Kier alpha value is -3.12. The van der Waals surface area contributed by atoms with Crippen LogP contribution in [0.2, 0.25) is 0 Å². The first-order chi connectivity index (χ1) is 15.4. The van der Waals surface area contributed by atoms with Crippen LogP contribution in [0.1, 0.15) is 44.7 Å². The zero-order valence-electron chi connectivity index (χ0n) is 19.3. The summed E-state index contributed by atoms with van der Waals surface area (Å²) in [5.74, 6) is 0.105. The number of rotatable bonds is 11. The number of hydrogen-bond acceptors (Lipinski definition) is 5. The molecule has 0 spiro atoms. The molecule has 1 heterocycles. The maximum Gasteiger partial charge on any atom is 0.278 e. The zero-order valence-corrected chi connectivity index (χ0v) is 19.3. The number of benzene rings is 2. The van der Waals surface area contributed by atoms with Crippen molar-refractivity contribution in [1.29, 1.82) is 0 Å². The summed E-state index contributed by atoms with van der Waals surface area (Å²) in [4.78, 5) is 27.9. The van der Waals surface area contributed by atoms with Gasteiger partial charge in [-0.3, -0.25) is 14.5 Å². The minimum atomic E-state index is -0.324. The van der Waals surface area contributed by atoms with Crippen molar-refractivity contribution >= 4 is 23.1 Å². The Morgan fingerprint density at radius 2 is 1.75 bits per heavy atom. The second-order valence-electron chi connectivity index (χ2n) is 8.15. The molecule has 0 radical (unpaired) electrons. The summed E-state index contributed by atoms with van der Waals surface area (Å²) in [5.41, 5.74) is 3.18. The lowest BCUT2D eigenvalue weighted by Crippen LogP contribution is -2.34. The molecular weight excluding hydrogens is 404 g/mol. The van der Waals surface area contributed by atoms with Gasteiger partial charge in [0.2, 0.25) is 0 Å². The van der Waals surface area contributed by atoms with Crippen LogP contribution in [0.25, 0.3) is 5.57 Å². The Balaban J connectivity index is 1.88. The highest BCUT2D eigenvalue weighted by atomic mass is 16.5. The molecule has 0 saturated carbocycles. The van der Waals surface area contributed by atoms with Crippen LogP contribution in [0, 0.1) is 6.92 Å². The van der Waals surface area contributed by atoms with Crippen LogP contribution < -0.4 is 10.1 Å². The predicted octanol–water partition coefficient (Wildman–Crippen LogP) is 4.79. The molecule has 32 heavy (non-hydrogen) atoms. The normalized spacial score (nSPS) is 14.0. The van der Waals surface area contributed by atoms with Gasteiger partial charge in [0.15, 0.2) is 0 Å². The van der Waals surface area contributed by atoms with E-state index in [1.165, 1.54) is 4.90 Å². The average molecular weight is 437 g/mol. The molecule has 0 aliphatic carbocycles. The van der Waals surface area contributed by atoms with Crippen molar-refractivity contribution in [1.82, 2.24) is 4.90 Å². The zero-order chi connectivity index (χ0) is 23.1. The van der Waals surface area contributed by atoms with Crippen molar-refractivity contribution in [2.24, 2.45) is 0 Å². The van der Waals surface area contributed by atoms with Crippen LogP contribution in [0.5, 0.6) is 5.75 Å². The van der Waals surface area contributed by atoms with E-state index in [0.29, 0.717) is 43.2 Å². The molecule has 6 heteroatoms. The van der Waals surface area contributed by atoms with Gasteiger partial charge in [-0.15, -0.1) is 0 Å². The first kappa shape index (κ1) is 23.5. The van der Waals surface area contributed by atoms with Crippen LogP contribution in [-0.4, -0.2) is 42.6 Å². The highest BCUT2D eigenvalue weighted by Gasteiger charge is 2.38. The second kappa shape index (κ2) is 11.0. The van der Waals surface area contributed by atoms with Crippen molar-refractivity contribution < 1.29 is 19.1 Å². The summed E-state index contributed by atoms with van der Waals surface area (Å²) in [6.45, 7) is 9.38. The topological polar surface area (TPSA) is 67.9 Å². The molecule has 0 bridgehead atoms. The summed E-state index contributed by atoms with van der Waals surface area (Å²) in [6, 6.07) is 15.1. The number of nitrogens with zero attached hydrogens (tertiary/aromatic N) is 1. The molecule has 6 nitrogen and oxygen atoms in total. The molecule has 0 aromatic heterocycles. The predicted molar refractivity (Wildman–Crippen MR) is 126 cm³/mol. The van der Waals surface area contributed by atoms with Gasteiger partial charge in [0.1, 0.15) is 11.4 Å². The van der Waals surface area contributed by atoms with Gasteiger partial charge in [-0.2, -0.15) is 0 Å². The van der Waals surface area contributed by atoms with Crippen LogP contribution in [0.4, 0.5) is 5.69 Å². The van der Waals surface area contributed by atoms with Gasteiger partial charge < -0.3 is 14.8 Å². The van der Waals surface area contributed by atoms with E-state index in [9.17, 15) is 9.59 Å². The third kappa shape index (κ3) is 5.77. The molecule has 2 amide bonds. The Bertz CT molecular complexity index is 980. The Kier molecular flexibility index (Phi) is 8.06. The fourth-order valence-corrected chi connectivity index (χ4v) is 3.45. The van der Waals surface area contributed by atoms with Crippen LogP contribution in [-0.2, 0) is 14.3 Å². The molecule has 1 aliphatic heterocycles. The Morgan fingerprint density at radius 1 is 1.00 bits per heavy atom. The fraction of sp³-hybridized carbons (Fsp3) is 0.385. The fourth-order valence-electron chi connectivity index (χ4n) is 3.45. The number of amides is 2. The van der Waals surface area contributed by atoms with Crippen molar-refractivity contribution in [2.45, 2.75) is 46.6 Å². The SMILES string of the molecule is CCCOc1cccc(NC2=C(c3ccc(C)cc3)C(=O)N(CCCOC(C)C)C2=O)c1. The maximum absolute atomic E-state index is 13.3. The number of anilines is 1. The molecule has 0 atom stereocenters. The van der Waals surface area contributed by atoms with Gasteiger partial charge in [-0.1, -0.05) is 42.8 Å². The van der Waals surface area contributed by atoms with E-state index in [0.717, 1.165) is 17.5 Å². The largest absolute Gasteiger partial charge is 0.494 e. The average Bonchev–Trinajstić information content (AvgIpc) is 3.00. The number of hydrogen-bond donors (Lipinski definition) is 1. The molecule has 1 N–H and O–H groups in total. The molecule has 3 rings (SSSR count). The summed E-state index contributed by atoms with van der Waals surface area (Å²) in [5, 5.41) is 3.20. The number of nitrogens with one attached hydrogen (secondary N) is 1. The molecule has 1 aliphatic rings. The smallest absolute Gasteiger partial charge is 0.278 e. The number of carbonyl (C=O) groups is 2. The van der Waals surface area contributed by atoms with E-state index in [-0.39, 0.29) is 23.6 Å². The van der Waals surface area contributed by atoms with Crippen molar-refractivity contribution in [3.63, 3.8) is 0 Å². The van der Waals surface area contributed by atoms with E-state index in [1.807, 2.05) is 76.2 Å². The van der Waals surface area contributed by atoms with E-state index < -0.39 is 0 Å². The second-order valence-corrected chi connectivity index (χ2v) is 8.15. The lowest BCUT2D eigenvalue weighted by Gasteiger charge is -2.16. The minimum absolute atomic E-state index is 0.112. The molecule has 0 saturated heterocycles. The van der Waals surface area contributed by atoms with E-state index in [1.54, 1.807) is 0 Å². The molecule has 0 fully saturated rings. The first-order valence-electron chi connectivity index (χ1n) is 11.2. The summed E-state index contributed by atoms with van der Waals surface area (Å²) >= 11 is 0. The van der Waals surface area contributed by atoms with E-state index in [2.05, 4.69) is 5.32 Å². The van der Waals surface area contributed by atoms with Gasteiger partial charge in [0, 0.05) is 24.9 Å². The number of carbonyl (C=O) groups excluding carboxylic acids is 2. The third-order valence-corrected chi connectivity index (χ3v) is 5.06. The molecule has 2 aromatic carbocycles. The monoisotopic (exact) mass is 436 g/mol. The molecule has 0 unspecified atom stereocenters. The first-order valence-corrected chi connectivity index (χ1v) is 11.2. The number of ether oxygens (including phenoxy) is 2. The third-order valence-electron chi connectivity index (χ3n) is 5.06. The van der Waals surface area contributed by atoms with Gasteiger partial charge in [0.05, 0.1) is 18.3 Å². The molecule has 2 aromatic rings. The summed E-state index contributed by atoms with van der Waals surface area (Å²) < 4.78 is 11.3. The standard InChI is InChI=1S/C26H32N2O4/c1-5-15-32-22-9-6-8-21(17-22)27-24-23(20-12-10-19(4)11-13-20)25(29)28(26(24)30)14-7-16-31-18(2)3/h6,8-13,17-18,27H,5,7,14-16H2,1-4H3.